The molecule has 3 rings (SSSR count). The lowest BCUT2D eigenvalue weighted by atomic mass is 9.99. The molecule has 2 saturated heterocycles. The SMILES string of the molecule is O=C(/C=C/c1ccc(O)c(O[C@@H]2O[C@H](CO)[C@@H](O)[C@H](O)[C@H]2O)c1)O[C@@H]1O[C@H](CO)[C@@H](O)[C@H](O)[C@H]1O. The molecule has 2 fully saturated rings. The summed E-state index contributed by atoms with van der Waals surface area (Å²) in [5.41, 5.74) is 0.285. The van der Waals surface area contributed by atoms with Crippen molar-refractivity contribution in [3.8, 4) is 11.5 Å². The molecule has 9 N–H and O–H groups in total. The summed E-state index contributed by atoms with van der Waals surface area (Å²) in [5, 5.41) is 87.7. The van der Waals surface area contributed by atoms with Crippen LogP contribution in [0.3, 0.4) is 0 Å². The number of phenolic OH excluding ortho intramolecular Hbond substituents is 1. The first-order valence-electron chi connectivity index (χ1n) is 10.6. The van der Waals surface area contributed by atoms with Gasteiger partial charge < -0.3 is 64.9 Å². The molecule has 1 aromatic rings. The van der Waals surface area contributed by atoms with Gasteiger partial charge in [0.15, 0.2) is 11.5 Å². The topological polar surface area (TPSA) is 236 Å². The Labute approximate surface area is 198 Å². The first kappa shape index (κ1) is 27.2. The molecule has 14 heteroatoms. The number of aliphatic hydroxyl groups is 8. The molecule has 0 spiro atoms. The average Bonchev–Trinajstić information content (AvgIpc) is 2.84. The molecule has 0 bridgehead atoms. The molecule has 0 aromatic heterocycles. The molecule has 196 valence electrons. The molecule has 0 unspecified atom stereocenters. The summed E-state index contributed by atoms with van der Waals surface area (Å²) in [6.07, 6.45) is -13.6. The van der Waals surface area contributed by atoms with Crippen LogP contribution < -0.4 is 4.74 Å². The summed E-state index contributed by atoms with van der Waals surface area (Å²) >= 11 is 0. The number of benzene rings is 1. The van der Waals surface area contributed by atoms with E-state index in [-0.39, 0.29) is 17.1 Å². The van der Waals surface area contributed by atoms with Gasteiger partial charge in [-0.15, -0.1) is 0 Å². The molecule has 2 heterocycles. The highest BCUT2D eigenvalue weighted by Crippen LogP contribution is 2.31. The Morgan fingerprint density at radius 2 is 1.37 bits per heavy atom. The minimum absolute atomic E-state index is 0.223. The number of hydrogen-bond acceptors (Lipinski definition) is 14. The van der Waals surface area contributed by atoms with E-state index in [1.807, 2.05) is 0 Å². The van der Waals surface area contributed by atoms with E-state index in [4.69, 9.17) is 18.9 Å². The van der Waals surface area contributed by atoms with Crippen molar-refractivity contribution in [2.75, 3.05) is 13.2 Å². The number of rotatable bonds is 7. The fourth-order valence-electron chi connectivity index (χ4n) is 3.50. The second-order valence-corrected chi connectivity index (χ2v) is 8.01. The molecular formula is C21H28O14. The molecule has 2 aliphatic heterocycles. The molecular weight excluding hydrogens is 476 g/mol. The summed E-state index contributed by atoms with van der Waals surface area (Å²) < 4.78 is 20.6. The fourth-order valence-corrected chi connectivity index (χ4v) is 3.50. The third kappa shape index (κ3) is 6.07. The van der Waals surface area contributed by atoms with E-state index in [0.29, 0.717) is 0 Å². The third-order valence-corrected chi connectivity index (χ3v) is 5.57. The van der Waals surface area contributed by atoms with Gasteiger partial charge in [0.25, 0.3) is 0 Å². The maximum atomic E-state index is 12.1. The molecule has 2 aliphatic rings. The summed E-state index contributed by atoms with van der Waals surface area (Å²) in [6.45, 7) is -1.37. The van der Waals surface area contributed by atoms with Crippen LogP contribution in [-0.4, -0.2) is 127 Å². The molecule has 1 aromatic carbocycles. The van der Waals surface area contributed by atoms with Crippen LogP contribution in [-0.2, 0) is 19.0 Å². The second-order valence-electron chi connectivity index (χ2n) is 8.01. The van der Waals surface area contributed by atoms with Crippen LogP contribution in [0.2, 0.25) is 0 Å². The van der Waals surface area contributed by atoms with E-state index in [9.17, 15) is 50.8 Å². The fraction of sp³-hybridized carbons (Fsp3) is 0.571. The van der Waals surface area contributed by atoms with Crippen molar-refractivity contribution < 1.29 is 69.7 Å². The highest BCUT2D eigenvalue weighted by molar-refractivity contribution is 5.87. The maximum absolute atomic E-state index is 12.1. The zero-order chi connectivity index (χ0) is 25.9. The van der Waals surface area contributed by atoms with Crippen molar-refractivity contribution in [3.05, 3.63) is 29.8 Å². The second kappa shape index (κ2) is 11.6. The smallest absolute Gasteiger partial charge is 0.333 e. The van der Waals surface area contributed by atoms with Gasteiger partial charge >= 0.3 is 5.97 Å². The summed E-state index contributed by atoms with van der Waals surface area (Å²) in [4.78, 5) is 12.1. The van der Waals surface area contributed by atoms with Gasteiger partial charge in [-0.05, 0) is 23.8 Å². The first-order valence-corrected chi connectivity index (χ1v) is 10.6. The lowest BCUT2D eigenvalue weighted by Crippen LogP contribution is -2.60. The van der Waals surface area contributed by atoms with Gasteiger partial charge in [0.05, 0.1) is 13.2 Å². The van der Waals surface area contributed by atoms with Gasteiger partial charge in [-0.1, -0.05) is 6.07 Å². The quantitative estimate of drug-likeness (QED) is 0.127. The summed E-state index contributed by atoms with van der Waals surface area (Å²) in [5.74, 6) is -1.62. The lowest BCUT2D eigenvalue weighted by molar-refractivity contribution is -0.291. The number of aliphatic hydroxyl groups excluding tert-OH is 8. The van der Waals surface area contributed by atoms with E-state index >= 15 is 0 Å². The molecule has 10 atom stereocenters. The lowest BCUT2D eigenvalue weighted by Gasteiger charge is -2.39. The number of carbonyl (C=O) groups excluding carboxylic acids is 1. The number of hydrogen-bond donors (Lipinski definition) is 9. The number of esters is 1. The Kier molecular flexibility index (Phi) is 9.00. The molecule has 0 amide bonds. The highest BCUT2D eigenvalue weighted by Gasteiger charge is 2.46. The monoisotopic (exact) mass is 504 g/mol. The van der Waals surface area contributed by atoms with E-state index < -0.39 is 80.6 Å². The van der Waals surface area contributed by atoms with E-state index in [1.165, 1.54) is 24.3 Å². The van der Waals surface area contributed by atoms with Crippen molar-refractivity contribution in [1.29, 1.82) is 0 Å². The van der Waals surface area contributed by atoms with Crippen LogP contribution >= 0.6 is 0 Å². The highest BCUT2D eigenvalue weighted by atomic mass is 16.7. The van der Waals surface area contributed by atoms with Crippen molar-refractivity contribution in [1.82, 2.24) is 0 Å². The molecule has 0 radical (unpaired) electrons. The van der Waals surface area contributed by atoms with Gasteiger partial charge in [0.2, 0.25) is 12.6 Å². The number of aromatic hydroxyl groups is 1. The zero-order valence-electron chi connectivity index (χ0n) is 18.1. The number of carbonyl (C=O) groups is 1. The van der Waals surface area contributed by atoms with Crippen LogP contribution in [0, 0.1) is 0 Å². The minimum atomic E-state index is -1.77. The Bertz CT molecular complexity index is 889. The van der Waals surface area contributed by atoms with Crippen molar-refractivity contribution in [2.45, 2.75) is 61.4 Å². The Morgan fingerprint density at radius 3 is 1.94 bits per heavy atom. The van der Waals surface area contributed by atoms with Gasteiger partial charge in [0, 0.05) is 6.08 Å². The van der Waals surface area contributed by atoms with Gasteiger partial charge in [-0.2, -0.15) is 0 Å². The summed E-state index contributed by atoms with van der Waals surface area (Å²) in [6, 6.07) is 3.82. The van der Waals surface area contributed by atoms with Crippen LogP contribution in [0.25, 0.3) is 6.08 Å². The van der Waals surface area contributed by atoms with Crippen LogP contribution in [0.4, 0.5) is 0 Å². The van der Waals surface area contributed by atoms with E-state index in [1.54, 1.807) is 0 Å². The van der Waals surface area contributed by atoms with Gasteiger partial charge in [-0.25, -0.2) is 4.79 Å². The van der Waals surface area contributed by atoms with Gasteiger partial charge in [-0.3, -0.25) is 0 Å². The van der Waals surface area contributed by atoms with Crippen molar-refractivity contribution in [2.24, 2.45) is 0 Å². The third-order valence-electron chi connectivity index (χ3n) is 5.57. The van der Waals surface area contributed by atoms with E-state index in [0.717, 1.165) is 6.08 Å². The standard InChI is InChI=1S/C21H28O14/c22-6-11-14(26)16(28)18(30)20(33-11)32-10-5-8(1-3-9(10)24)2-4-13(25)35-21-19(31)17(29)15(27)12(7-23)34-21/h1-5,11-12,14-24,26-31H,6-7H2/b4-2+/t11-,12-,14-,15-,16+,17+,18-,19-,20-,21+/m1/s1. The van der Waals surface area contributed by atoms with Crippen LogP contribution in [0.15, 0.2) is 24.3 Å². The predicted octanol–water partition coefficient (Wildman–Crippen LogP) is -4.07. The van der Waals surface area contributed by atoms with Gasteiger partial charge in [0.1, 0.15) is 48.8 Å². The predicted molar refractivity (Wildman–Crippen MR) is 111 cm³/mol. The number of phenols is 1. The first-order chi connectivity index (χ1) is 16.6. The Morgan fingerprint density at radius 1 is 0.829 bits per heavy atom. The Hall–Kier alpha value is -2.37. The minimum Gasteiger partial charge on any atom is -0.504 e. The summed E-state index contributed by atoms with van der Waals surface area (Å²) in [7, 11) is 0. The van der Waals surface area contributed by atoms with Crippen molar-refractivity contribution in [3.63, 3.8) is 0 Å². The molecule has 35 heavy (non-hydrogen) atoms. The van der Waals surface area contributed by atoms with Crippen molar-refractivity contribution >= 4 is 12.0 Å². The average molecular weight is 504 g/mol. The number of ether oxygens (including phenoxy) is 4. The Balaban J connectivity index is 1.66. The molecule has 0 saturated carbocycles. The van der Waals surface area contributed by atoms with E-state index in [2.05, 4.69) is 0 Å². The molecule has 0 aliphatic carbocycles. The normalized spacial score (nSPS) is 37.8. The van der Waals surface area contributed by atoms with Crippen LogP contribution in [0.5, 0.6) is 11.5 Å². The van der Waals surface area contributed by atoms with Crippen LogP contribution in [0.1, 0.15) is 5.56 Å². The zero-order valence-corrected chi connectivity index (χ0v) is 18.1. The molecule has 14 nitrogen and oxygen atoms in total. The largest absolute Gasteiger partial charge is 0.504 e. The maximum Gasteiger partial charge on any atom is 0.333 e.